The molecule has 1 N–H and O–H groups in total. The van der Waals surface area contributed by atoms with Crippen LogP contribution in [0.4, 0.5) is 16.4 Å². The first kappa shape index (κ1) is 22.3. The molecule has 1 fully saturated rings. The number of anilines is 2. The molecule has 1 aromatic heterocycles. The van der Waals surface area contributed by atoms with Crippen molar-refractivity contribution in [2.75, 3.05) is 18.4 Å². The van der Waals surface area contributed by atoms with Gasteiger partial charge >= 0.3 is 6.09 Å². The number of amides is 1. The summed E-state index contributed by atoms with van der Waals surface area (Å²) in [6.45, 7) is 6.83. The van der Waals surface area contributed by atoms with Crippen LogP contribution in [0.3, 0.4) is 0 Å². The fraction of sp³-hybridized carbons (Fsp3) is 0.375. The minimum Gasteiger partial charge on any atom is -0.488 e. The van der Waals surface area contributed by atoms with Crippen molar-refractivity contribution in [2.45, 2.75) is 45.3 Å². The largest absolute Gasteiger partial charge is 0.488 e. The number of likely N-dealkylation sites (tertiary alicyclic amines) is 1. The summed E-state index contributed by atoms with van der Waals surface area (Å²) in [5.74, 6) is 1.21. The number of halogens is 1. The minimum absolute atomic E-state index is 0.00770. The number of nitrogens with one attached hydrogen (secondary N) is 1. The maximum absolute atomic E-state index is 12.3. The highest BCUT2D eigenvalue weighted by Gasteiger charge is 2.28. The Balaban J connectivity index is 1.48. The van der Waals surface area contributed by atoms with Crippen molar-refractivity contribution in [1.29, 1.82) is 0 Å². The van der Waals surface area contributed by atoms with Crippen molar-refractivity contribution >= 4 is 44.6 Å². The van der Waals surface area contributed by atoms with Gasteiger partial charge in [0.15, 0.2) is 0 Å². The number of piperidine rings is 1. The fourth-order valence-corrected chi connectivity index (χ4v) is 4.00. The molecule has 0 aliphatic carbocycles. The molecular weight excluding hydrogens is 472 g/mol. The molecule has 7 nitrogen and oxygen atoms in total. The van der Waals surface area contributed by atoms with Gasteiger partial charge in [-0.1, -0.05) is 34.1 Å². The van der Waals surface area contributed by atoms with Gasteiger partial charge in [0.1, 0.15) is 23.0 Å². The average molecular weight is 499 g/mol. The Morgan fingerprint density at radius 2 is 1.88 bits per heavy atom. The number of rotatable bonds is 4. The molecule has 1 aliphatic rings. The van der Waals surface area contributed by atoms with E-state index < -0.39 is 5.60 Å². The third-order valence-electron chi connectivity index (χ3n) is 5.03. The molecule has 2 aromatic carbocycles. The van der Waals surface area contributed by atoms with Crippen LogP contribution < -0.4 is 10.1 Å². The zero-order valence-electron chi connectivity index (χ0n) is 18.5. The van der Waals surface area contributed by atoms with Crippen LogP contribution >= 0.6 is 15.9 Å². The molecule has 0 spiro atoms. The second-order valence-corrected chi connectivity index (χ2v) is 9.73. The molecule has 0 saturated carbocycles. The van der Waals surface area contributed by atoms with E-state index >= 15 is 0 Å². The van der Waals surface area contributed by atoms with Gasteiger partial charge in [-0.2, -0.15) is 0 Å². The second-order valence-electron chi connectivity index (χ2n) is 8.81. The lowest BCUT2D eigenvalue weighted by Gasteiger charge is -2.33. The molecular formula is C24H27BrN4O3. The van der Waals surface area contributed by atoms with E-state index in [-0.39, 0.29) is 12.2 Å². The van der Waals surface area contributed by atoms with Crippen LogP contribution in [0.1, 0.15) is 33.6 Å². The highest BCUT2D eigenvalue weighted by atomic mass is 79.9. The summed E-state index contributed by atoms with van der Waals surface area (Å²) in [7, 11) is 0. The molecule has 32 heavy (non-hydrogen) atoms. The molecule has 4 rings (SSSR count). The minimum atomic E-state index is -0.495. The van der Waals surface area contributed by atoms with Crippen molar-refractivity contribution in [1.82, 2.24) is 14.9 Å². The van der Waals surface area contributed by atoms with Crippen molar-refractivity contribution in [3.8, 4) is 5.75 Å². The Hall–Kier alpha value is -2.87. The van der Waals surface area contributed by atoms with Gasteiger partial charge in [0, 0.05) is 47.7 Å². The van der Waals surface area contributed by atoms with E-state index in [9.17, 15) is 4.79 Å². The van der Waals surface area contributed by atoms with Gasteiger partial charge in [0.2, 0.25) is 5.95 Å². The zero-order chi connectivity index (χ0) is 22.7. The molecule has 1 saturated heterocycles. The first-order chi connectivity index (χ1) is 15.3. The SMILES string of the molecule is CC(C)(C)OC(=O)N1CCC(Oc2cc(Br)cc3cnc(Nc4ccccc4)nc23)CC1. The smallest absolute Gasteiger partial charge is 0.410 e. The van der Waals surface area contributed by atoms with E-state index in [1.165, 1.54) is 0 Å². The van der Waals surface area contributed by atoms with Crippen LogP contribution in [-0.2, 0) is 4.74 Å². The van der Waals surface area contributed by atoms with Gasteiger partial charge in [-0.3, -0.25) is 0 Å². The van der Waals surface area contributed by atoms with Crippen LogP contribution in [0.5, 0.6) is 5.75 Å². The molecule has 168 valence electrons. The van der Waals surface area contributed by atoms with E-state index in [4.69, 9.17) is 14.5 Å². The van der Waals surface area contributed by atoms with Crippen LogP contribution in [-0.4, -0.2) is 45.8 Å². The maximum Gasteiger partial charge on any atom is 0.410 e. The quantitative estimate of drug-likeness (QED) is 0.481. The summed E-state index contributed by atoms with van der Waals surface area (Å²) in [5, 5.41) is 4.12. The maximum atomic E-state index is 12.3. The Morgan fingerprint density at radius 1 is 1.16 bits per heavy atom. The van der Waals surface area contributed by atoms with Crippen molar-refractivity contribution in [3.05, 3.63) is 53.1 Å². The van der Waals surface area contributed by atoms with E-state index in [1.807, 2.05) is 63.2 Å². The Kier molecular flexibility index (Phi) is 6.50. The average Bonchev–Trinajstić information content (AvgIpc) is 2.74. The van der Waals surface area contributed by atoms with Crippen LogP contribution in [0, 0.1) is 0 Å². The Labute approximate surface area is 196 Å². The molecule has 1 amide bonds. The number of benzene rings is 2. The van der Waals surface area contributed by atoms with Crippen molar-refractivity contribution < 1.29 is 14.3 Å². The molecule has 0 radical (unpaired) electrons. The summed E-state index contributed by atoms with van der Waals surface area (Å²) in [5.41, 5.74) is 1.17. The molecule has 2 heterocycles. The number of aromatic nitrogens is 2. The number of nitrogens with zero attached hydrogens (tertiary/aromatic N) is 3. The number of hydrogen-bond donors (Lipinski definition) is 1. The van der Waals surface area contributed by atoms with Gasteiger partial charge in [-0.25, -0.2) is 14.8 Å². The number of fused-ring (bicyclic) bond motifs is 1. The summed E-state index contributed by atoms with van der Waals surface area (Å²) >= 11 is 3.56. The van der Waals surface area contributed by atoms with E-state index in [0.717, 1.165) is 33.9 Å². The highest BCUT2D eigenvalue weighted by Crippen LogP contribution is 2.32. The third-order valence-corrected chi connectivity index (χ3v) is 5.49. The predicted octanol–water partition coefficient (Wildman–Crippen LogP) is 5.91. The van der Waals surface area contributed by atoms with Crippen molar-refractivity contribution in [3.63, 3.8) is 0 Å². The Bertz CT molecular complexity index is 1090. The second kappa shape index (κ2) is 9.32. The lowest BCUT2D eigenvalue weighted by atomic mass is 10.1. The number of ether oxygens (including phenoxy) is 2. The number of carbonyl (C=O) groups excluding carboxylic acids is 1. The van der Waals surface area contributed by atoms with Crippen LogP contribution in [0.15, 0.2) is 53.1 Å². The number of hydrogen-bond acceptors (Lipinski definition) is 6. The van der Waals surface area contributed by atoms with Crippen molar-refractivity contribution in [2.24, 2.45) is 0 Å². The van der Waals surface area contributed by atoms with Gasteiger partial charge < -0.3 is 19.7 Å². The summed E-state index contributed by atoms with van der Waals surface area (Å²) in [6, 6.07) is 13.7. The summed E-state index contributed by atoms with van der Waals surface area (Å²) in [6.07, 6.45) is 2.97. The standard InChI is InChI=1S/C24H27BrN4O3/c1-24(2,3)32-23(30)29-11-9-19(10-12-29)31-20-14-17(25)13-16-15-26-22(28-21(16)20)27-18-7-5-4-6-8-18/h4-8,13-15,19H,9-12H2,1-3H3,(H,26,27,28). The molecule has 8 heteroatoms. The van der Waals surface area contributed by atoms with E-state index in [1.54, 1.807) is 11.1 Å². The van der Waals surface area contributed by atoms with E-state index in [0.29, 0.717) is 24.8 Å². The molecule has 0 unspecified atom stereocenters. The first-order valence-corrected chi connectivity index (χ1v) is 11.5. The molecule has 0 atom stereocenters. The van der Waals surface area contributed by atoms with Gasteiger partial charge in [-0.05, 0) is 45.0 Å². The zero-order valence-corrected chi connectivity index (χ0v) is 20.1. The Morgan fingerprint density at radius 3 is 2.56 bits per heavy atom. The fourth-order valence-electron chi connectivity index (χ4n) is 3.54. The molecule has 0 bridgehead atoms. The van der Waals surface area contributed by atoms with Gasteiger partial charge in [0.05, 0.1) is 0 Å². The monoisotopic (exact) mass is 498 g/mol. The number of para-hydroxylation sites is 1. The first-order valence-electron chi connectivity index (χ1n) is 10.7. The molecule has 3 aromatic rings. The van der Waals surface area contributed by atoms with E-state index in [2.05, 4.69) is 26.2 Å². The highest BCUT2D eigenvalue weighted by molar-refractivity contribution is 9.10. The lowest BCUT2D eigenvalue weighted by Crippen LogP contribution is -2.44. The van der Waals surface area contributed by atoms with Crippen LogP contribution in [0.25, 0.3) is 10.9 Å². The van der Waals surface area contributed by atoms with Gasteiger partial charge in [-0.15, -0.1) is 0 Å². The molecule has 1 aliphatic heterocycles. The van der Waals surface area contributed by atoms with Gasteiger partial charge in [0.25, 0.3) is 0 Å². The normalized spacial score (nSPS) is 14.9. The summed E-state index contributed by atoms with van der Waals surface area (Å²) in [4.78, 5) is 23.2. The topological polar surface area (TPSA) is 76.6 Å². The third kappa shape index (κ3) is 5.68. The lowest BCUT2D eigenvalue weighted by molar-refractivity contribution is 0.0127. The predicted molar refractivity (Wildman–Crippen MR) is 128 cm³/mol. The number of carbonyl (C=O) groups is 1. The van der Waals surface area contributed by atoms with Crippen LogP contribution in [0.2, 0.25) is 0 Å². The summed E-state index contributed by atoms with van der Waals surface area (Å²) < 4.78 is 12.7.